The maximum atomic E-state index is 13.9. The van der Waals surface area contributed by atoms with Gasteiger partial charge >= 0.3 is 0 Å². The van der Waals surface area contributed by atoms with Crippen LogP contribution in [0.1, 0.15) is 50.0 Å². The molecule has 8 heteroatoms. The van der Waals surface area contributed by atoms with Crippen molar-refractivity contribution in [1.82, 2.24) is 0 Å². The van der Waals surface area contributed by atoms with Gasteiger partial charge in [0.2, 0.25) is 5.91 Å². The molecule has 0 aromatic heterocycles. The van der Waals surface area contributed by atoms with Crippen molar-refractivity contribution < 1.29 is 14.3 Å². The Labute approximate surface area is 226 Å². The second-order valence-corrected chi connectivity index (χ2v) is 11.0. The first-order valence-corrected chi connectivity index (χ1v) is 12.6. The van der Waals surface area contributed by atoms with Gasteiger partial charge in [-0.25, -0.2) is 0 Å². The number of carbonyl (C=O) groups is 2. The maximum absolute atomic E-state index is 13.9. The summed E-state index contributed by atoms with van der Waals surface area (Å²) in [5.41, 5.74) is 2.69. The predicted molar refractivity (Wildman–Crippen MR) is 146 cm³/mol. The first kappa shape index (κ1) is 26.7. The number of benzene rings is 3. The molecule has 2 amide bonds. The van der Waals surface area contributed by atoms with Crippen molar-refractivity contribution in [3.05, 3.63) is 93.5 Å². The van der Waals surface area contributed by atoms with E-state index in [-0.39, 0.29) is 17.7 Å². The van der Waals surface area contributed by atoms with Crippen LogP contribution < -0.4 is 10.2 Å². The highest BCUT2D eigenvalue weighted by molar-refractivity contribution is 6.31. The number of nitrogens with zero attached hydrogens (tertiary/aromatic N) is 2. The van der Waals surface area contributed by atoms with Gasteiger partial charge in [-0.15, -0.1) is 0 Å². The molecule has 0 radical (unpaired) electrons. The van der Waals surface area contributed by atoms with Crippen LogP contribution in [-0.4, -0.2) is 24.5 Å². The van der Waals surface area contributed by atoms with Crippen LogP contribution in [0.25, 0.3) is 0 Å². The molecule has 0 spiro atoms. The third-order valence-electron chi connectivity index (χ3n) is 5.87. The van der Waals surface area contributed by atoms with Gasteiger partial charge in [-0.1, -0.05) is 68.2 Å². The molecular weight excluding hydrogens is 509 g/mol. The number of ether oxygens (including phenoxy) is 1. The number of hydrogen-bond donors (Lipinski definition) is 1. The molecule has 3 aromatic carbocycles. The van der Waals surface area contributed by atoms with Gasteiger partial charge in [-0.05, 0) is 47.9 Å². The summed E-state index contributed by atoms with van der Waals surface area (Å²) in [6, 6.07) is 21.2. The highest BCUT2D eigenvalue weighted by Crippen LogP contribution is 2.42. The average Bonchev–Trinajstić information content (AvgIpc) is 2.94. The van der Waals surface area contributed by atoms with E-state index in [9.17, 15) is 9.59 Å². The number of hydrogen-bond acceptors (Lipinski definition) is 4. The van der Waals surface area contributed by atoms with Crippen LogP contribution in [0.5, 0.6) is 0 Å². The van der Waals surface area contributed by atoms with Crippen molar-refractivity contribution in [1.29, 1.82) is 5.26 Å². The van der Waals surface area contributed by atoms with Crippen molar-refractivity contribution >= 4 is 46.4 Å². The van der Waals surface area contributed by atoms with Gasteiger partial charge in [0.15, 0.2) is 0 Å². The summed E-state index contributed by atoms with van der Waals surface area (Å²) in [4.78, 5) is 28.7. The Balaban J connectivity index is 1.75. The fraction of sp³-hybridized carbons (Fsp3) is 0.276. The highest BCUT2D eigenvalue weighted by atomic mass is 35.5. The molecule has 2 unspecified atom stereocenters. The summed E-state index contributed by atoms with van der Waals surface area (Å²) < 4.78 is 6.42. The molecule has 6 nitrogen and oxygen atoms in total. The lowest BCUT2D eigenvalue weighted by atomic mass is 9.94. The Kier molecular flexibility index (Phi) is 7.89. The van der Waals surface area contributed by atoms with Crippen LogP contribution in [-0.2, 0) is 14.3 Å². The van der Waals surface area contributed by atoms with E-state index < -0.39 is 18.1 Å². The predicted octanol–water partition coefficient (Wildman–Crippen LogP) is 6.76. The zero-order valence-electron chi connectivity index (χ0n) is 20.8. The largest absolute Gasteiger partial charge is 0.355 e. The summed E-state index contributed by atoms with van der Waals surface area (Å²) in [5.74, 6) is -0.736. The molecule has 0 bridgehead atoms. The van der Waals surface area contributed by atoms with Gasteiger partial charge in [-0.2, -0.15) is 5.26 Å². The molecule has 37 heavy (non-hydrogen) atoms. The van der Waals surface area contributed by atoms with Gasteiger partial charge in [0.05, 0.1) is 18.1 Å². The molecule has 4 rings (SSSR count). The zero-order chi connectivity index (χ0) is 26.7. The number of nitriles is 1. The molecule has 1 heterocycles. The number of amides is 2. The van der Waals surface area contributed by atoms with Gasteiger partial charge in [0.1, 0.15) is 12.2 Å². The summed E-state index contributed by atoms with van der Waals surface area (Å²) in [6.45, 7) is 6.52. The number of carbonyl (C=O) groups excluding carboxylic acids is 2. The monoisotopic (exact) mass is 535 g/mol. The third kappa shape index (κ3) is 6.31. The molecule has 1 aliphatic rings. The minimum Gasteiger partial charge on any atom is -0.355 e. The summed E-state index contributed by atoms with van der Waals surface area (Å²) in [5, 5.41) is 12.9. The van der Waals surface area contributed by atoms with Crippen molar-refractivity contribution in [2.24, 2.45) is 5.41 Å². The first-order valence-electron chi connectivity index (χ1n) is 11.9. The van der Waals surface area contributed by atoms with Crippen LogP contribution in [0.2, 0.25) is 10.0 Å². The minimum absolute atomic E-state index is 0.223. The summed E-state index contributed by atoms with van der Waals surface area (Å²) in [6.07, 6.45) is -2.04. The maximum Gasteiger partial charge on any atom is 0.256 e. The number of anilines is 2. The first-order chi connectivity index (χ1) is 17.6. The van der Waals surface area contributed by atoms with Crippen LogP contribution in [0.4, 0.5) is 11.4 Å². The lowest BCUT2D eigenvalue weighted by Crippen LogP contribution is -2.44. The van der Waals surface area contributed by atoms with E-state index >= 15 is 0 Å². The van der Waals surface area contributed by atoms with E-state index in [2.05, 4.69) is 5.32 Å². The molecule has 190 valence electrons. The number of halogens is 2. The van der Waals surface area contributed by atoms with Gasteiger partial charge in [0, 0.05) is 39.1 Å². The smallest absolute Gasteiger partial charge is 0.256 e. The molecule has 0 fully saturated rings. The van der Waals surface area contributed by atoms with Crippen LogP contribution >= 0.6 is 23.2 Å². The van der Waals surface area contributed by atoms with Crippen molar-refractivity contribution in [2.75, 3.05) is 16.8 Å². The molecule has 1 aliphatic heterocycles. The molecule has 0 aliphatic carbocycles. The SMILES string of the molecule is CC(C)(C)CN1C(=O)C(CC(=O)Nc2cccc(C#N)c2)OC(c2ccccc2Cl)c2cc(Cl)ccc21. The lowest BCUT2D eigenvalue weighted by molar-refractivity contribution is -0.136. The average molecular weight is 536 g/mol. The van der Waals surface area contributed by atoms with E-state index in [0.29, 0.717) is 44.7 Å². The Morgan fingerprint density at radius 2 is 1.81 bits per heavy atom. The standard InChI is InChI=1S/C29H27Cl2N3O3/c1-29(2,3)17-34-24-12-11-19(30)14-22(24)27(21-9-4-5-10-23(21)31)37-25(28(34)36)15-26(35)33-20-8-6-7-18(13-20)16-32/h4-14,25,27H,15,17H2,1-3H3,(H,33,35). The van der Waals surface area contributed by atoms with Crippen LogP contribution in [0, 0.1) is 16.7 Å². The zero-order valence-corrected chi connectivity index (χ0v) is 22.3. The molecule has 3 aromatic rings. The molecule has 1 N–H and O–H groups in total. The Morgan fingerprint density at radius 3 is 2.51 bits per heavy atom. The molecule has 2 atom stereocenters. The van der Waals surface area contributed by atoms with Crippen molar-refractivity contribution in [2.45, 2.75) is 39.4 Å². The lowest BCUT2D eigenvalue weighted by Gasteiger charge is -2.31. The van der Waals surface area contributed by atoms with Crippen molar-refractivity contribution in [3.8, 4) is 6.07 Å². The number of fused-ring (bicyclic) bond motifs is 1. The quantitative estimate of drug-likeness (QED) is 0.391. The van der Waals surface area contributed by atoms with E-state index in [1.165, 1.54) is 0 Å². The fourth-order valence-electron chi connectivity index (χ4n) is 4.32. The summed E-state index contributed by atoms with van der Waals surface area (Å²) in [7, 11) is 0. The van der Waals surface area contributed by atoms with Crippen molar-refractivity contribution in [3.63, 3.8) is 0 Å². The minimum atomic E-state index is -1.09. The van der Waals surface area contributed by atoms with E-state index in [1.807, 2.05) is 51.1 Å². The van der Waals surface area contributed by atoms with Crippen LogP contribution in [0.15, 0.2) is 66.7 Å². The van der Waals surface area contributed by atoms with Gasteiger partial charge < -0.3 is 15.0 Å². The van der Waals surface area contributed by atoms with E-state index in [1.54, 1.807) is 47.4 Å². The van der Waals surface area contributed by atoms with E-state index in [0.717, 1.165) is 0 Å². The Morgan fingerprint density at radius 1 is 1.05 bits per heavy atom. The molecule has 0 saturated carbocycles. The van der Waals surface area contributed by atoms with Gasteiger partial charge in [0.25, 0.3) is 5.91 Å². The summed E-state index contributed by atoms with van der Waals surface area (Å²) >= 11 is 13.0. The highest BCUT2D eigenvalue weighted by Gasteiger charge is 2.39. The van der Waals surface area contributed by atoms with Crippen LogP contribution in [0.3, 0.4) is 0 Å². The molecular formula is C29H27Cl2N3O3. The second kappa shape index (κ2) is 10.9. The normalized spacial score (nSPS) is 17.5. The molecule has 0 saturated heterocycles. The fourth-order valence-corrected chi connectivity index (χ4v) is 4.73. The third-order valence-corrected chi connectivity index (χ3v) is 6.45. The van der Waals surface area contributed by atoms with E-state index in [4.69, 9.17) is 33.2 Å². The Hall–Kier alpha value is -3.37. The number of rotatable bonds is 5. The topological polar surface area (TPSA) is 82.4 Å². The second-order valence-electron chi connectivity index (χ2n) is 10.2. The Bertz CT molecular complexity index is 1380. The van der Waals surface area contributed by atoms with Gasteiger partial charge in [-0.3, -0.25) is 9.59 Å². The number of nitrogens with one attached hydrogen (secondary N) is 1.